The van der Waals surface area contributed by atoms with Gasteiger partial charge in [-0.1, -0.05) is 24.3 Å². The van der Waals surface area contributed by atoms with Crippen LogP contribution in [0.1, 0.15) is 43.0 Å². The number of carbonyl (C=O) groups is 1. The number of benzene rings is 1. The van der Waals surface area contributed by atoms with Crippen molar-refractivity contribution in [3.05, 3.63) is 78.0 Å². The third kappa shape index (κ3) is 4.44. The van der Waals surface area contributed by atoms with Crippen molar-refractivity contribution >= 4 is 5.91 Å². The zero-order chi connectivity index (χ0) is 23.5. The van der Waals surface area contributed by atoms with E-state index in [4.69, 9.17) is 4.98 Å². The summed E-state index contributed by atoms with van der Waals surface area (Å²) in [5, 5.41) is 0. The molecular formula is C27H30FN5O. The van der Waals surface area contributed by atoms with Crippen LogP contribution in [0.3, 0.4) is 0 Å². The summed E-state index contributed by atoms with van der Waals surface area (Å²) in [6.07, 6.45) is 7.14. The van der Waals surface area contributed by atoms with E-state index in [1.54, 1.807) is 18.5 Å². The van der Waals surface area contributed by atoms with Crippen LogP contribution in [0.4, 0.5) is 4.39 Å². The van der Waals surface area contributed by atoms with Crippen molar-refractivity contribution < 1.29 is 9.18 Å². The highest BCUT2D eigenvalue weighted by Crippen LogP contribution is 2.42. The van der Waals surface area contributed by atoms with Gasteiger partial charge in [0, 0.05) is 18.9 Å². The number of nitrogens with zero attached hydrogens (tertiary/aromatic N) is 5. The van der Waals surface area contributed by atoms with Crippen molar-refractivity contribution in [1.82, 2.24) is 24.8 Å². The Bertz CT molecular complexity index is 1150. The summed E-state index contributed by atoms with van der Waals surface area (Å²) in [7, 11) is 2.08. The molecule has 3 aromatic rings. The van der Waals surface area contributed by atoms with Crippen LogP contribution in [-0.4, -0.2) is 57.3 Å². The number of hydrogen-bond acceptors (Lipinski definition) is 5. The van der Waals surface area contributed by atoms with Crippen LogP contribution in [0.25, 0.3) is 11.5 Å². The maximum absolute atomic E-state index is 14.6. The van der Waals surface area contributed by atoms with Crippen molar-refractivity contribution in [2.45, 2.75) is 38.1 Å². The molecule has 2 aromatic heterocycles. The zero-order valence-electron chi connectivity index (χ0n) is 19.5. The van der Waals surface area contributed by atoms with E-state index < -0.39 is 5.41 Å². The van der Waals surface area contributed by atoms with Gasteiger partial charge in [-0.3, -0.25) is 9.78 Å². The molecule has 6 nitrogen and oxygen atoms in total. The molecular weight excluding hydrogens is 429 g/mol. The average Bonchev–Trinajstić information content (AvgIpc) is 3.37. The fourth-order valence-corrected chi connectivity index (χ4v) is 5.32. The summed E-state index contributed by atoms with van der Waals surface area (Å²) >= 11 is 0. The van der Waals surface area contributed by atoms with Crippen molar-refractivity contribution in [2.75, 3.05) is 26.7 Å². The largest absolute Gasteiger partial charge is 0.334 e. The summed E-state index contributed by atoms with van der Waals surface area (Å²) in [4.78, 5) is 32.0. The Morgan fingerprint density at radius 1 is 1.03 bits per heavy atom. The van der Waals surface area contributed by atoms with E-state index in [0.717, 1.165) is 44.5 Å². The number of amides is 1. The first-order valence-corrected chi connectivity index (χ1v) is 12.0. The zero-order valence-corrected chi connectivity index (χ0v) is 19.5. The normalized spacial score (nSPS) is 20.4. The number of hydrogen-bond donors (Lipinski definition) is 0. The van der Waals surface area contributed by atoms with Crippen LogP contribution < -0.4 is 0 Å². The van der Waals surface area contributed by atoms with Crippen molar-refractivity contribution in [3.63, 3.8) is 0 Å². The molecule has 0 bridgehead atoms. The van der Waals surface area contributed by atoms with E-state index in [2.05, 4.69) is 21.9 Å². The second kappa shape index (κ2) is 9.58. The molecule has 34 heavy (non-hydrogen) atoms. The van der Waals surface area contributed by atoms with Gasteiger partial charge in [0.15, 0.2) is 5.82 Å². The molecule has 2 fully saturated rings. The van der Waals surface area contributed by atoms with Crippen LogP contribution in [0.2, 0.25) is 0 Å². The number of aromatic nitrogens is 3. The molecule has 1 amide bonds. The maximum atomic E-state index is 14.6. The molecule has 1 unspecified atom stereocenters. The SMILES string of the molecule is CN1CCC(Cc2ccccc2F)(C(=O)N2CCCC2c2ccnc(-c3ccccn3)n2)CC1. The Balaban J connectivity index is 1.45. The van der Waals surface area contributed by atoms with E-state index in [-0.39, 0.29) is 17.8 Å². The van der Waals surface area contributed by atoms with Gasteiger partial charge in [0.25, 0.3) is 0 Å². The molecule has 0 radical (unpaired) electrons. The molecule has 176 valence electrons. The summed E-state index contributed by atoms with van der Waals surface area (Å²) in [5.41, 5.74) is 1.58. The predicted octanol–water partition coefficient (Wildman–Crippen LogP) is 4.30. The first-order valence-electron chi connectivity index (χ1n) is 12.0. The topological polar surface area (TPSA) is 62.2 Å². The molecule has 0 spiro atoms. The third-order valence-electron chi connectivity index (χ3n) is 7.31. The van der Waals surface area contributed by atoms with E-state index in [1.807, 2.05) is 41.3 Å². The molecule has 7 heteroatoms. The van der Waals surface area contributed by atoms with Crippen LogP contribution >= 0.6 is 0 Å². The summed E-state index contributed by atoms with van der Waals surface area (Å²) in [6, 6.07) is 14.3. The van der Waals surface area contributed by atoms with Gasteiger partial charge in [-0.15, -0.1) is 0 Å². The lowest BCUT2D eigenvalue weighted by Gasteiger charge is -2.43. The number of halogens is 1. The van der Waals surface area contributed by atoms with Crippen LogP contribution in [-0.2, 0) is 11.2 Å². The molecule has 1 aromatic carbocycles. The van der Waals surface area contributed by atoms with Gasteiger partial charge in [0.2, 0.25) is 5.91 Å². The predicted molar refractivity (Wildman–Crippen MR) is 128 cm³/mol. The van der Waals surface area contributed by atoms with Crippen molar-refractivity contribution in [3.8, 4) is 11.5 Å². The minimum absolute atomic E-state index is 0.102. The Morgan fingerprint density at radius 2 is 1.82 bits per heavy atom. The molecule has 1 atom stereocenters. The van der Waals surface area contributed by atoms with Crippen molar-refractivity contribution in [2.24, 2.45) is 5.41 Å². The van der Waals surface area contributed by atoms with Crippen LogP contribution in [0, 0.1) is 11.2 Å². The average molecular weight is 460 g/mol. The highest BCUT2D eigenvalue weighted by atomic mass is 19.1. The van der Waals surface area contributed by atoms with Gasteiger partial charge in [-0.25, -0.2) is 14.4 Å². The molecule has 2 aliphatic rings. The van der Waals surface area contributed by atoms with Crippen LogP contribution in [0.15, 0.2) is 60.9 Å². The van der Waals surface area contributed by atoms with Gasteiger partial charge in [-0.2, -0.15) is 0 Å². The monoisotopic (exact) mass is 459 g/mol. The fourth-order valence-electron chi connectivity index (χ4n) is 5.32. The first kappa shape index (κ1) is 22.6. The van der Waals surface area contributed by atoms with Gasteiger partial charge in [0.1, 0.15) is 11.5 Å². The highest BCUT2D eigenvalue weighted by molar-refractivity contribution is 5.84. The standard InChI is InChI=1S/C27H30FN5O/c1-32-17-12-27(13-18-32,19-20-7-2-3-8-21(20)28)26(34)33-16-6-10-24(33)22-11-15-30-25(31-22)23-9-4-5-14-29-23/h2-5,7-9,11,14-15,24H,6,10,12-13,16-19H2,1H3. The molecule has 0 N–H and O–H groups in total. The Kier molecular flexibility index (Phi) is 6.37. The van der Waals surface area contributed by atoms with Crippen LogP contribution in [0.5, 0.6) is 0 Å². The van der Waals surface area contributed by atoms with Crippen molar-refractivity contribution in [1.29, 1.82) is 0 Å². The smallest absolute Gasteiger partial charge is 0.229 e. The Hall–Kier alpha value is -3.19. The number of likely N-dealkylation sites (tertiary alicyclic amines) is 2. The second-order valence-electron chi connectivity index (χ2n) is 9.53. The summed E-state index contributed by atoms with van der Waals surface area (Å²) in [6.45, 7) is 2.35. The van der Waals surface area contributed by atoms with Gasteiger partial charge >= 0.3 is 0 Å². The Labute approximate surface area is 199 Å². The number of piperidine rings is 1. The first-order chi connectivity index (χ1) is 16.6. The Morgan fingerprint density at radius 3 is 2.59 bits per heavy atom. The lowest BCUT2D eigenvalue weighted by molar-refractivity contribution is -0.146. The second-order valence-corrected chi connectivity index (χ2v) is 9.53. The van der Waals surface area contributed by atoms with E-state index in [1.165, 1.54) is 6.07 Å². The molecule has 0 aliphatic carbocycles. The molecule has 0 saturated carbocycles. The quantitative estimate of drug-likeness (QED) is 0.569. The van der Waals surface area contributed by atoms with E-state index in [0.29, 0.717) is 30.0 Å². The minimum atomic E-state index is -0.603. The van der Waals surface area contributed by atoms with E-state index in [9.17, 15) is 9.18 Å². The summed E-state index contributed by atoms with van der Waals surface area (Å²) in [5.74, 6) is 0.462. The van der Waals surface area contributed by atoms with Gasteiger partial charge in [0.05, 0.1) is 17.2 Å². The summed E-state index contributed by atoms with van der Waals surface area (Å²) < 4.78 is 14.6. The maximum Gasteiger partial charge on any atom is 0.229 e. The fraction of sp³-hybridized carbons (Fsp3) is 0.407. The van der Waals surface area contributed by atoms with Gasteiger partial charge < -0.3 is 9.80 Å². The number of rotatable bonds is 5. The minimum Gasteiger partial charge on any atom is -0.334 e. The molecule has 4 heterocycles. The highest BCUT2D eigenvalue weighted by Gasteiger charge is 2.46. The third-order valence-corrected chi connectivity index (χ3v) is 7.31. The molecule has 5 rings (SSSR count). The molecule has 2 saturated heterocycles. The lowest BCUT2D eigenvalue weighted by atomic mass is 9.72. The number of carbonyl (C=O) groups excluding carboxylic acids is 1. The van der Waals surface area contributed by atoms with E-state index >= 15 is 0 Å². The lowest BCUT2D eigenvalue weighted by Crippen LogP contribution is -2.50. The number of pyridine rings is 1. The molecule has 2 aliphatic heterocycles. The van der Waals surface area contributed by atoms with Gasteiger partial charge in [-0.05, 0) is 82.1 Å².